The minimum atomic E-state index is -1.44. The van der Waals surface area contributed by atoms with Crippen LogP contribution < -0.4 is 5.43 Å². The van der Waals surface area contributed by atoms with Crippen molar-refractivity contribution < 1.29 is 23.8 Å². The molecule has 4 rings (SSSR count). The average Bonchev–Trinajstić information content (AvgIpc) is 3.46. The van der Waals surface area contributed by atoms with Gasteiger partial charge in [-0.25, -0.2) is 13.6 Å². The number of carboxylic acids is 1. The Morgan fingerprint density at radius 1 is 1.29 bits per heavy atom. The molecule has 28 heavy (non-hydrogen) atoms. The Hall–Kier alpha value is -3.13. The van der Waals surface area contributed by atoms with Gasteiger partial charge in [0.2, 0.25) is 5.43 Å². The first-order valence-corrected chi connectivity index (χ1v) is 8.70. The molecule has 1 saturated carbocycles. The lowest BCUT2D eigenvalue weighted by atomic mass is 10.00. The smallest absolute Gasteiger partial charge is 0.341 e. The number of carboxylic acid groups (broad SMARTS) is 1. The summed E-state index contributed by atoms with van der Waals surface area (Å²) in [6, 6.07) is 3.61. The van der Waals surface area contributed by atoms with Gasteiger partial charge in [-0.2, -0.15) is 0 Å². The van der Waals surface area contributed by atoms with Crippen LogP contribution in [0.3, 0.4) is 0 Å². The number of hydrogen-bond acceptors (Lipinski definition) is 4. The monoisotopic (exact) mass is 386 g/mol. The van der Waals surface area contributed by atoms with E-state index < -0.39 is 28.6 Å². The van der Waals surface area contributed by atoms with E-state index >= 15 is 4.39 Å². The van der Waals surface area contributed by atoms with E-state index in [-0.39, 0.29) is 40.4 Å². The Labute approximate surface area is 157 Å². The van der Waals surface area contributed by atoms with Gasteiger partial charge in [-0.15, -0.1) is 0 Å². The van der Waals surface area contributed by atoms with E-state index in [2.05, 4.69) is 4.98 Å². The largest absolute Gasteiger partial charge is 0.477 e. The summed E-state index contributed by atoms with van der Waals surface area (Å²) in [7, 11) is 0. The quantitative estimate of drug-likeness (QED) is 0.719. The van der Waals surface area contributed by atoms with Gasteiger partial charge in [-0.1, -0.05) is 0 Å². The van der Waals surface area contributed by atoms with E-state index in [0.29, 0.717) is 18.5 Å². The molecule has 0 unspecified atom stereocenters. The minimum Gasteiger partial charge on any atom is -0.477 e. The van der Waals surface area contributed by atoms with E-state index in [4.69, 9.17) is 0 Å². The van der Waals surface area contributed by atoms with Crippen molar-refractivity contribution >= 4 is 16.9 Å². The van der Waals surface area contributed by atoms with E-state index in [1.54, 1.807) is 6.92 Å². The van der Waals surface area contributed by atoms with Gasteiger partial charge in [0.05, 0.1) is 28.8 Å². The molecule has 2 heterocycles. The number of carbonyl (C=O) groups is 1. The van der Waals surface area contributed by atoms with Crippen LogP contribution in [0.25, 0.3) is 22.0 Å². The third-order valence-electron chi connectivity index (χ3n) is 4.84. The van der Waals surface area contributed by atoms with E-state index in [9.17, 15) is 24.2 Å². The molecule has 0 bridgehead atoms. The number of pyridine rings is 2. The van der Waals surface area contributed by atoms with Gasteiger partial charge >= 0.3 is 5.97 Å². The molecule has 0 radical (unpaired) electrons. The fraction of sp³-hybridized carbons (Fsp3) is 0.250. The number of benzene rings is 1. The Morgan fingerprint density at radius 3 is 2.61 bits per heavy atom. The van der Waals surface area contributed by atoms with Crippen LogP contribution in [0.15, 0.2) is 29.2 Å². The second-order valence-corrected chi connectivity index (χ2v) is 6.91. The maximum absolute atomic E-state index is 15.5. The highest BCUT2D eigenvalue weighted by atomic mass is 19.1. The maximum atomic E-state index is 15.5. The zero-order chi connectivity index (χ0) is 20.2. The van der Waals surface area contributed by atoms with Crippen LogP contribution in [0, 0.1) is 18.6 Å². The summed E-state index contributed by atoms with van der Waals surface area (Å²) in [5.74, 6) is -3.37. The molecular weight excluding hydrogens is 370 g/mol. The molecule has 0 aliphatic heterocycles. The molecule has 8 heteroatoms. The predicted molar refractivity (Wildman–Crippen MR) is 97.2 cm³/mol. The Bertz CT molecular complexity index is 1200. The van der Waals surface area contributed by atoms with Crippen LogP contribution in [-0.4, -0.2) is 25.7 Å². The molecule has 0 amide bonds. The molecule has 0 spiro atoms. The molecule has 1 fully saturated rings. The number of aromatic nitrogens is 2. The highest BCUT2D eigenvalue weighted by Gasteiger charge is 2.30. The summed E-state index contributed by atoms with van der Waals surface area (Å²) in [4.78, 5) is 28.0. The van der Waals surface area contributed by atoms with E-state index in [1.165, 1.54) is 16.7 Å². The summed E-state index contributed by atoms with van der Waals surface area (Å²) in [5.41, 5.74) is -0.987. The van der Waals surface area contributed by atoms with Crippen molar-refractivity contribution in [1.82, 2.24) is 9.55 Å². The fourth-order valence-corrected chi connectivity index (χ4v) is 3.46. The fourth-order valence-electron chi connectivity index (χ4n) is 3.46. The number of fused-ring (bicyclic) bond motifs is 1. The molecule has 0 atom stereocenters. The summed E-state index contributed by atoms with van der Waals surface area (Å²) >= 11 is 0. The number of aliphatic hydroxyl groups excluding tert-OH is 1. The SMILES string of the molecule is Cc1cc(-c2c(F)cc3c(=O)c(C(=O)O)cn(C4CC4)c3c2F)cc(CO)n1. The number of nitrogens with zero attached hydrogens (tertiary/aromatic N) is 2. The Balaban J connectivity index is 2.10. The van der Waals surface area contributed by atoms with Gasteiger partial charge < -0.3 is 14.8 Å². The number of rotatable bonds is 4. The molecule has 1 aromatic carbocycles. The standard InChI is InChI=1S/C20H16F2N2O4/c1-9-4-10(5-11(8-25)23-9)16-15(21)6-13-18(17(16)22)24(12-2-3-12)7-14(19(13)26)20(27)28/h4-7,12,25H,2-3,8H2,1H3,(H,27,28). The lowest BCUT2D eigenvalue weighted by molar-refractivity contribution is 0.0694. The highest BCUT2D eigenvalue weighted by molar-refractivity contribution is 5.94. The minimum absolute atomic E-state index is 0.117. The van der Waals surface area contributed by atoms with Crippen molar-refractivity contribution in [3.05, 3.63) is 63.2 Å². The van der Waals surface area contributed by atoms with Crippen LogP contribution in [0.2, 0.25) is 0 Å². The first-order valence-electron chi connectivity index (χ1n) is 8.70. The summed E-state index contributed by atoms with van der Waals surface area (Å²) < 4.78 is 31.8. The Kier molecular flexibility index (Phi) is 4.23. The molecule has 2 aromatic heterocycles. The summed E-state index contributed by atoms with van der Waals surface area (Å²) in [5, 5.41) is 18.3. The second-order valence-electron chi connectivity index (χ2n) is 6.91. The predicted octanol–water partition coefficient (Wildman–Crippen LogP) is 3.18. The lowest BCUT2D eigenvalue weighted by Crippen LogP contribution is -2.20. The molecule has 2 N–H and O–H groups in total. The molecule has 3 aromatic rings. The topological polar surface area (TPSA) is 92.4 Å². The lowest BCUT2D eigenvalue weighted by Gasteiger charge is -2.16. The molecule has 144 valence electrons. The van der Waals surface area contributed by atoms with Crippen LogP contribution in [-0.2, 0) is 6.61 Å². The second kappa shape index (κ2) is 6.49. The summed E-state index contributed by atoms with van der Waals surface area (Å²) in [6.45, 7) is 1.25. The van der Waals surface area contributed by atoms with Gasteiger partial charge in [-0.3, -0.25) is 9.78 Å². The third-order valence-corrected chi connectivity index (χ3v) is 4.84. The number of aliphatic hydroxyl groups is 1. The van der Waals surface area contributed by atoms with Crippen LogP contribution in [0.1, 0.15) is 40.6 Å². The number of aryl methyl sites for hydroxylation is 1. The van der Waals surface area contributed by atoms with Crippen molar-refractivity contribution in [2.24, 2.45) is 0 Å². The summed E-state index contributed by atoms with van der Waals surface area (Å²) in [6.07, 6.45) is 2.56. The van der Waals surface area contributed by atoms with Gasteiger partial charge in [0.1, 0.15) is 11.4 Å². The van der Waals surface area contributed by atoms with Gasteiger partial charge in [0.15, 0.2) is 5.82 Å². The Morgan fingerprint density at radius 2 is 2.00 bits per heavy atom. The zero-order valence-electron chi connectivity index (χ0n) is 14.9. The number of halogens is 2. The zero-order valence-corrected chi connectivity index (χ0v) is 14.9. The first-order chi connectivity index (χ1) is 13.3. The van der Waals surface area contributed by atoms with Crippen molar-refractivity contribution in [2.75, 3.05) is 0 Å². The third kappa shape index (κ3) is 2.86. The van der Waals surface area contributed by atoms with Crippen molar-refractivity contribution in [2.45, 2.75) is 32.4 Å². The van der Waals surface area contributed by atoms with Gasteiger partial charge in [0.25, 0.3) is 0 Å². The van der Waals surface area contributed by atoms with Gasteiger partial charge in [-0.05, 0) is 43.5 Å². The van der Waals surface area contributed by atoms with Crippen molar-refractivity contribution in [3.8, 4) is 11.1 Å². The van der Waals surface area contributed by atoms with Crippen LogP contribution in [0.4, 0.5) is 8.78 Å². The van der Waals surface area contributed by atoms with E-state index in [0.717, 1.165) is 12.3 Å². The first kappa shape index (κ1) is 18.2. The maximum Gasteiger partial charge on any atom is 0.341 e. The highest BCUT2D eigenvalue weighted by Crippen LogP contribution is 2.39. The van der Waals surface area contributed by atoms with Crippen molar-refractivity contribution in [3.63, 3.8) is 0 Å². The van der Waals surface area contributed by atoms with Crippen LogP contribution >= 0.6 is 0 Å². The number of hydrogen-bond donors (Lipinski definition) is 2. The number of aromatic carboxylic acids is 1. The molecule has 0 saturated heterocycles. The van der Waals surface area contributed by atoms with Gasteiger partial charge in [0, 0.05) is 17.9 Å². The van der Waals surface area contributed by atoms with Crippen molar-refractivity contribution in [1.29, 1.82) is 0 Å². The van der Waals surface area contributed by atoms with Crippen LogP contribution in [0.5, 0.6) is 0 Å². The average molecular weight is 386 g/mol. The van der Waals surface area contributed by atoms with E-state index in [1.807, 2.05) is 0 Å². The molecule has 1 aliphatic rings. The molecule has 6 nitrogen and oxygen atoms in total. The molecule has 1 aliphatic carbocycles. The molecular formula is C20H16F2N2O4. The normalized spacial score (nSPS) is 13.9.